The summed E-state index contributed by atoms with van der Waals surface area (Å²) in [5.41, 5.74) is 0.926. The summed E-state index contributed by atoms with van der Waals surface area (Å²) in [7, 11) is 0. The molecule has 0 aliphatic rings. The highest BCUT2D eigenvalue weighted by Gasteiger charge is 2.08. The maximum Gasteiger partial charge on any atom is 0.131 e. The zero-order valence-electron chi connectivity index (χ0n) is 11.1. The number of aliphatic hydroxyl groups is 1. The van der Waals surface area contributed by atoms with Crippen LogP contribution in [0.25, 0.3) is 0 Å². The van der Waals surface area contributed by atoms with Gasteiger partial charge >= 0.3 is 0 Å². The quantitative estimate of drug-likeness (QED) is 0.757. The lowest BCUT2D eigenvalue weighted by atomic mass is 10.2. The predicted molar refractivity (Wildman–Crippen MR) is 78.7 cm³/mol. The molecule has 5 nitrogen and oxygen atoms in total. The lowest BCUT2D eigenvalue weighted by Gasteiger charge is -2.12. The van der Waals surface area contributed by atoms with Crippen LogP contribution in [0.5, 0.6) is 0 Å². The molecule has 3 N–H and O–H groups in total. The molecule has 0 aliphatic heterocycles. The van der Waals surface area contributed by atoms with Crippen molar-refractivity contribution in [3.8, 4) is 0 Å². The third-order valence-corrected chi connectivity index (χ3v) is 3.30. The number of anilines is 2. The van der Waals surface area contributed by atoms with Crippen molar-refractivity contribution in [1.82, 2.24) is 9.97 Å². The molecule has 0 radical (unpaired) electrons. The second-order valence-electron chi connectivity index (χ2n) is 4.17. The van der Waals surface area contributed by atoms with Gasteiger partial charge in [-0.3, -0.25) is 0 Å². The molecule has 19 heavy (non-hydrogen) atoms. The highest BCUT2D eigenvalue weighted by Crippen LogP contribution is 2.17. The van der Waals surface area contributed by atoms with Gasteiger partial charge in [-0.15, -0.1) is 0 Å². The van der Waals surface area contributed by atoms with Gasteiger partial charge in [0.25, 0.3) is 0 Å². The van der Waals surface area contributed by atoms with Crippen LogP contribution in [0.4, 0.5) is 11.6 Å². The van der Waals surface area contributed by atoms with Crippen molar-refractivity contribution in [1.29, 1.82) is 0 Å². The van der Waals surface area contributed by atoms with Crippen molar-refractivity contribution in [3.05, 3.63) is 34.3 Å². The Morgan fingerprint density at radius 2 is 2.05 bits per heavy atom. The Morgan fingerprint density at radius 1 is 1.32 bits per heavy atom. The van der Waals surface area contributed by atoms with Crippen molar-refractivity contribution in [2.75, 3.05) is 23.7 Å². The SMILES string of the molecule is CCNc1cc(NCC(O)c2ccsc2)nc(C)n1. The largest absolute Gasteiger partial charge is 0.387 e. The average Bonchev–Trinajstić information content (AvgIpc) is 2.89. The first kappa shape index (κ1) is 13.8. The minimum atomic E-state index is -0.524. The monoisotopic (exact) mass is 278 g/mol. The Labute approximate surface area is 116 Å². The maximum atomic E-state index is 10.00. The van der Waals surface area contributed by atoms with E-state index in [1.54, 1.807) is 11.3 Å². The highest BCUT2D eigenvalue weighted by atomic mass is 32.1. The molecule has 2 aromatic heterocycles. The first-order chi connectivity index (χ1) is 9.19. The molecule has 0 amide bonds. The van der Waals surface area contributed by atoms with Gasteiger partial charge in [0.1, 0.15) is 17.5 Å². The minimum Gasteiger partial charge on any atom is -0.387 e. The van der Waals surface area contributed by atoms with E-state index in [1.807, 2.05) is 36.7 Å². The van der Waals surface area contributed by atoms with Gasteiger partial charge < -0.3 is 15.7 Å². The second kappa shape index (κ2) is 6.49. The summed E-state index contributed by atoms with van der Waals surface area (Å²) in [4.78, 5) is 8.58. The summed E-state index contributed by atoms with van der Waals surface area (Å²) < 4.78 is 0. The molecular weight excluding hydrogens is 260 g/mol. The van der Waals surface area contributed by atoms with E-state index in [9.17, 15) is 5.11 Å². The van der Waals surface area contributed by atoms with Crippen LogP contribution in [-0.4, -0.2) is 28.2 Å². The van der Waals surface area contributed by atoms with Crippen molar-refractivity contribution in [2.45, 2.75) is 20.0 Å². The lowest BCUT2D eigenvalue weighted by Crippen LogP contribution is -2.13. The van der Waals surface area contributed by atoms with Crippen LogP contribution in [0.1, 0.15) is 24.4 Å². The van der Waals surface area contributed by atoms with E-state index in [0.717, 1.165) is 23.7 Å². The van der Waals surface area contributed by atoms with Crippen molar-refractivity contribution in [2.24, 2.45) is 0 Å². The molecule has 6 heteroatoms. The molecule has 0 bridgehead atoms. The fourth-order valence-electron chi connectivity index (χ4n) is 1.71. The molecule has 1 atom stereocenters. The van der Waals surface area contributed by atoms with E-state index in [1.165, 1.54) is 0 Å². The van der Waals surface area contributed by atoms with Gasteiger partial charge in [-0.25, -0.2) is 9.97 Å². The summed E-state index contributed by atoms with van der Waals surface area (Å²) in [5, 5.41) is 20.2. The molecule has 0 saturated heterocycles. The molecular formula is C13H18N4OS. The van der Waals surface area contributed by atoms with E-state index in [-0.39, 0.29) is 0 Å². The van der Waals surface area contributed by atoms with Crippen molar-refractivity contribution < 1.29 is 5.11 Å². The summed E-state index contributed by atoms with van der Waals surface area (Å²) in [6, 6.07) is 3.77. The molecule has 2 rings (SSSR count). The number of aromatic nitrogens is 2. The second-order valence-corrected chi connectivity index (χ2v) is 4.95. The van der Waals surface area contributed by atoms with E-state index in [2.05, 4.69) is 20.6 Å². The predicted octanol–water partition coefficient (Wildman–Crippen LogP) is 2.42. The number of nitrogens with one attached hydrogen (secondary N) is 2. The number of aliphatic hydroxyl groups excluding tert-OH is 1. The topological polar surface area (TPSA) is 70.1 Å². The first-order valence-electron chi connectivity index (χ1n) is 6.22. The number of thiophene rings is 1. The van der Waals surface area contributed by atoms with E-state index >= 15 is 0 Å². The molecule has 2 aromatic rings. The van der Waals surface area contributed by atoms with Gasteiger partial charge in [0.15, 0.2) is 0 Å². The van der Waals surface area contributed by atoms with Gasteiger partial charge in [-0.1, -0.05) is 0 Å². The Morgan fingerprint density at radius 3 is 2.68 bits per heavy atom. The number of aryl methyl sites for hydroxylation is 1. The van der Waals surface area contributed by atoms with Crippen LogP contribution in [0, 0.1) is 6.92 Å². The summed E-state index contributed by atoms with van der Waals surface area (Å²) in [5.74, 6) is 2.21. The van der Waals surface area contributed by atoms with Gasteiger partial charge in [-0.2, -0.15) is 11.3 Å². The maximum absolute atomic E-state index is 10.00. The van der Waals surface area contributed by atoms with Gasteiger partial charge in [0, 0.05) is 19.2 Å². The van der Waals surface area contributed by atoms with E-state index in [0.29, 0.717) is 12.4 Å². The summed E-state index contributed by atoms with van der Waals surface area (Å²) in [6.07, 6.45) is -0.524. The summed E-state index contributed by atoms with van der Waals surface area (Å²) in [6.45, 7) is 5.11. The van der Waals surface area contributed by atoms with Gasteiger partial charge in [-0.05, 0) is 36.2 Å². The zero-order valence-corrected chi connectivity index (χ0v) is 11.9. The van der Waals surface area contributed by atoms with Crippen molar-refractivity contribution >= 4 is 23.0 Å². The van der Waals surface area contributed by atoms with Crippen LogP contribution in [-0.2, 0) is 0 Å². The van der Waals surface area contributed by atoms with E-state index < -0.39 is 6.10 Å². The number of hydrogen-bond acceptors (Lipinski definition) is 6. The van der Waals surface area contributed by atoms with Crippen LogP contribution >= 0.6 is 11.3 Å². The smallest absolute Gasteiger partial charge is 0.131 e. The molecule has 102 valence electrons. The Hall–Kier alpha value is -1.66. The Bertz CT molecular complexity index is 515. The van der Waals surface area contributed by atoms with Crippen LogP contribution < -0.4 is 10.6 Å². The molecule has 0 fully saturated rings. The van der Waals surface area contributed by atoms with Crippen LogP contribution in [0.3, 0.4) is 0 Å². The Balaban J connectivity index is 1.99. The molecule has 2 heterocycles. The lowest BCUT2D eigenvalue weighted by molar-refractivity contribution is 0.192. The highest BCUT2D eigenvalue weighted by molar-refractivity contribution is 7.07. The molecule has 0 saturated carbocycles. The Kier molecular flexibility index (Phi) is 4.70. The van der Waals surface area contributed by atoms with Crippen LogP contribution in [0.2, 0.25) is 0 Å². The number of rotatable bonds is 6. The molecule has 1 unspecified atom stereocenters. The van der Waals surface area contributed by atoms with Gasteiger partial charge in [0.05, 0.1) is 6.10 Å². The van der Waals surface area contributed by atoms with Crippen LogP contribution in [0.15, 0.2) is 22.9 Å². The normalized spacial score (nSPS) is 12.2. The van der Waals surface area contributed by atoms with Gasteiger partial charge in [0.2, 0.25) is 0 Å². The fourth-order valence-corrected chi connectivity index (χ4v) is 2.42. The minimum absolute atomic E-state index is 0.429. The van der Waals surface area contributed by atoms with Crippen molar-refractivity contribution in [3.63, 3.8) is 0 Å². The first-order valence-corrected chi connectivity index (χ1v) is 7.17. The third-order valence-electron chi connectivity index (χ3n) is 2.60. The fraction of sp³-hybridized carbons (Fsp3) is 0.385. The zero-order chi connectivity index (χ0) is 13.7. The standard InChI is InChI=1S/C13H18N4OS/c1-3-14-12-6-13(17-9(2)16-12)15-7-11(18)10-4-5-19-8-10/h4-6,8,11,18H,3,7H2,1-2H3,(H2,14,15,16,17). The molecule has 0 aromatic carbocycles. The summed E-state index contributed by atoms with van der Waals surface area (Å²) >= 11 is 1.58. The number of nitrogens with zero attached hydrogens (tertiary/aromatic N) is 2. The number of hydrogen-bond donors (Lipinski definition) is 3. The van der Waals surface area contributed by atoms with E-state index in [4.69, 9.17) is 0 Å². The molecule has 0 spiro atoms. The average molecular weight is 278 g/mol. The third kappa shape index (κ3) is 3.90. The molecule has 0 aliphatic carbocycles.